The molecule has 1 atom stereocenters. The molecule has 41 heavy (non-hydrogen) atoms. The highest BCUT2D eigenvalue weighted by molar-refractivity contribution is 6.99. The van der Waals surface area contributed by atoms with Crippen LogP contribution in [0.25, 0.3) is 0 Å². The smallest absolute Gasteiger partial charge is 0.444 e. The molecule has 0 radical (unpaired) electrons. The number of alkyl halides is 3. The molecule has 0 unspecified atom stereocenters. The van der Waals surface area contributed by atoms with Gasteiger partial charge in [-0.15, -0.1) is 0 Å². The molecule has 0 fully saturated rings. The first-order valence-corrected chi connectivity index (χ1v) is 15.8. The van der Waals surface area contributed by atoms with Gasteiger partial charge in [0.2, 0.25) is 0 Å². The standard InChI is InChI=1S/C31H45F3N2O4Si/c1-23(2)36(28(38)40-29(3,4)5)21-20-24(35(9)27(37)31(32,33)34)22-39-41(30(6,7)8,25-16-12-10-13-17-25)26-18-14-11-15-19-26/h10-19,23-24H,20-22H2,1-9H3/t24-/m0/s1. The van der Waals surface area contributed by atoms with E-state index in [1.807, 2.05) is 74.5 Å². The summed E-state index contributed by atoms with van der Waals surface area (Å²) in [5.74, 6) is -1.96. The zero-order chi connectivity index (χ0) is 31.2. The Bertz CT molecular complexity index is 1090. The van der Waals surface area contributed by atoms with E-state index in [4.69, 9.17) is 9.16 Å². The van der Waals surface area contributed by atoms with E-state index < -0.39 is 43.2 Å². The number of nitrogens with zero attached hydrogens (tertiary/aromatic N) is 2. The molecule has 2 aromatic carbocycles. The van der Waals surface area contributed by atoms with Crippen molar-refractivity contribution in [3.05, 3.63) is 60.7 Å². The number of benzene rings is 2. The van der Waals surface area contributed by atoms with Gasteiger partial charge in [-0.3, -0.25) is 4.79 Å². The molecule has 0 aliphatic heterocycles. The predicted molar refractivity (Wildman–Crippen MR) is 159 cm³/mol. The molecule has 2 aromatic rings. The van der Waals surface area contributed by atoms with Crippen LogP contribution in [0.2, 0.25) is 5.04 Å². The molecular formula is C31H45F3N2O4Si. The molecule has 0 saturated carbocycles. The largest absolute Gasteiger partial charge is 0.471 e. The maximum absolute atomic E-state index is 13.6. The third kappa shape index (κ3) is 8.82. The molecule has 0 aliphatic carbocycles. The summed E-state index contributed by atoms with van der Waals surface area (Å²) in [4.78, 5) is 27.5. The zero-order valence-electron chi connectivity index (χ0n) is 25.7. The molecule has 0 spiro atoms. The van der Waals surface area contributed by atoms with Gasteiger partial charge >= 0.3 is 18.2 Å². The number of rotatable bonds is 10. The van der Waals surface area contributed by atoms with Crippen LogP contribution >= 0.6 is 0 Å². The number of hydrogen-bond donors (Lipinski definition) is 0. The van der Waals surface area contributed by atoms with Gasteiger partial charge in [0.25, 0.3) is 8.32 Å². The molecule has 0 N–H and O–H groups in total. The van der Waals surface area contributed by atoms with Crippen molar-refractivity contribution in [3.63, 3.8) is 0 Å². The van der Waals surface area contributed by atoms with Gasteiger partial charge in [0, 0.05) is 19.6 Å². The number of halogens is 3. The van der Waals surface area contributed by atoms with Crippen LogP contribution in [0.4, 0.5) is 18.0 Å². The summed E-state index contributed by atoms with van der Waals surface area (Å²) >= 11 is 0. The van der Waals surface area contributed by atoms with Crippen molar-refractivity contribution >= 4 is 30.7 Å². The third-order valence-electron chi connectivity index (χ3n) is 6.97. The topological polar surface area (TPSA) is 59.1 Å². The van der Waals surface area contributed by atoms with E-state index in [2.05, 4.69) is 20.8 Å². The van der Waals surface area contributed by atoms with Crippen LogP contribution in [0.3, 0.4) is 0 Å². The fourth-order valence-electron chi connectivity index (χ4n) is 4.91. The van der Waals surface area contributed by atoms with E-state index in [9.17, 15) is 22.8 Å². The van der Waals surface area contributed by atoms with Crippen LogP contribution in [0.15, 0.2) is 60.7 Å². The summed E-state index contributed by atoms with van der Waals surface area (Å²) in [5.41, 5.74) is -0.737. The molecule has 10 heteroatoms. The Hall–Kier alpha value is -2.85. The van der Waals surface area contributed by atoms with Crippen LogP contribution in [0.5, 0.6) is 0 Å². The van der Waals surface area contributed by atoms with E-state index in [1.165, 1.54) is 4.90 Å². The highest BCUT2D eigenvalue weighted by Crippen LogP contribution is 2.37. The summed E-state index contributed by atoms with van der Waals surface area (Å²) in [5, 5.41) is 1.53. The van der Waals surface area contributed by atoms with Crippen molar-refractivity contribution < 1.29 is 31.9 Å². The Morgan fingerprint density at radius 1 is 0.854 bits per heavy atom. The van der Waals surface area contributed by atoms with Crippen molar-refractivity contribution in [3.8, 4) is 0 Å². The summed E-state index contributed by atoms with van der Waals surface area (Å²) in [7, 11) is -1.95. The summed E-state index contributed by atoms with van der Waals surface area (Å²) in [6.45, 7) is 15.0. The number of amides is 2. The molecule has 0 aromatic heterocycles. The fourth-order valence-corrected chi connectivity index (χ4v) is 9.50. The number of carbonyl (C=O) groups excluding carboxylic acids is 2. The molecule has 0 bridgehead atoms. The van der Waals surface area contributed by atoms with Gasteiger partial charge in [-0.25, -0.2) is 4.79 Å². The number of ether oxygens (including phenoxy) is 1. The van der Waals surface area contributed by atoms with E-state index in [0.717, 1.165) is 17.4 Å². The number of hydrogen-bond acceptors (Lipinski definition) is 4. The minimum atomic E-state index is -5.05. The zero-order valence-corrected chi connectivity index (χ0v) is 26.7. The maximum atomic E-state index is 13.6. The van der Waals surface area contributed by atoms with Crippen LogP contribution in [0, 0.1) is 0 Å². The van der Waals surface area contributed by atoms with Gasteiger partial charge in [-0.2, -0.15) is 13.2 Å². The number of likely N-dealkylation sites (N-methyl/N-ethyl adjacent to an activating group) is 1. The Labute approximate surface area is 243 Å². The second-order valence-electron chi connectivity index (χ2n) is 12.6. The van der Waals surface area contributed by atoms with Crippen LogP contribution in [-0.4, -0.2) is 74.2 Å². The first-order valence-electron chi connectivity index (χ1n) is 13.9. The molecule has 2 rings (SSSR count). The Morgan fingerprint density at radius 3 is 1.68 bits per heavy atom. The second kappa shape index (κ2) is 13.4. The van der Waals surface area contributed by atoms with Crippen molar-refractivity contribution in [2.24, 2.45) is 0 Å². The monoisotopic (exact) mass is 594 g/mol. The Kier molecular flexibility index (Phi) is 11.2. The first kappa shape index (κ1) is 34.3. The van der Waals surface area contributed by atoms with Crippen molar-refractivity contribution in [1.82, 2.24) is 9.80 Å². The van der Waals surface area contributed by atoms with Crippen LogP contribution in [-0.2, 0) is 14.0 Å². The average Bonchev–Trinajstić information content (AvgIpc) is 2.85. The van der Waals surface area contributed by atoms with Crippen LogP contribution in [0.1, 0.15) is 61.8 Å². The summed E-state index contributed by atoms with van der Waals surface area (Å²) in [6.07, 6.45) is -5.55. The minimum absolute atomic E-state index is 0.0634. The highest BCUT2D eigenvalue weighted by Gasteiger charge is 2.51. The molecule has 6 nitrogen and oxygen atoms in total. The lowest BCUT2D eigenvalue weighted by atomic mass is 10.1. The quantitative estimate of drug-likeness (QED) is 0.317. The van der Waals surface area contributed by atoms with Gasteiger partial charge in [0.15, 0.2) is 0 Å². The molecule has 0 saturated heterocycles. The summed E-state index contributed by atoms with van der Waals surface area (Å²) in [6, 6.07) is 18.3. The molecule has 0 aliphatic rings. The highest BCUT2D eigenvalue weighted by atomic mass is 28.4. The summed E-state index contributed by atoms with van der Waals surface area (Å²) < 4.78 is 53.2. The average molecular weight is 595 g/mol. The normalized spacial score (nSPS) is 13.6. The SMILES string of the molecule is CC(C)N(CC[C@@H](CO[Si](c1ccccc1)(c1ccccc1)C(C)(C)C)N(C)C(=O)C(F)(F)F)C(=O)OC(C)(C)C. The molecule has 228 valence electrons. The Morgan fingerprint density at radius 2 is 1.32 bits per heavy atom. The van der Waals surface area contributed by atoms with Gasteiger partial charge in [0.05, 0.1) is 12.6 Å². The van der Waals surface area contributed by atoms with Gasteiger partial charge in [0.1, 0.15) is 5.60 Å². The molecule has 0 heterocycles. The lowest BCUT2D eigenvalue weighted by Crippen LogP contribution is -2.67. The maximum Gasteiger partial charge on any atom is 0.471 e. The van der Waals surface area contributed by atoms with Crippen molar-refractivity contribution in [2.75, 3.05) is 20.2 Å². The van der Waals surface area contributed by atoms with E-state index in [-0.39, 0.29) is 25.6 Å². The Balaban J connectivity index is 2.53. The van der Waals surface area contributed by atoms with Gasteiger partial charge in [-0.05, 0) is 56.5 Å². The fraction of sp³-hybridized carbons (Fsp3) is 0.548. The van der Waals surface area contributed by atoms with E-state index >= 15 is 0 Å². The lowest BCUT2D eigenvalue weighted by molar-refractivity contribution is -0.186. The predicted octanol–water partition coefficient (Wildman–Crippen LogP) is 5.99. The van der Waals surface area contributed by atoms with E-state index in [0.29, 0.717) is 4.90 Å². The first-order chi connectivity index (χ1) is 18.8. The van der Waals surface area contributed by atoms with Gasteiger partial charge < -0.3 is 19.0 Å². The second-order valence-corrected chi connectivity index (χ2v) is 16.9. The lowest BCUT2D eigenvalue weighted by Gasteiger charge is -2.44. The molecule has 2 amide bonds. The van der Waals surface area contributed by atoms with E-state index in [1.54, 1.807) is 20.8 Å². The van der Waals surface area contributed by atoms with Crippen molar-refractivity contribution in [1.29, 1.82) is 0 Å². The number of carbonyl (C=O) groups is 2. The third-order valence-corrected chi connectivity index (χ3v) is 12.0. The van der Waals surface area contributed by atoms with Crippen LogP contribution < -0.4 is 10.4 Å². The minimum Gasteiger partial charge on any atom is -0.444 e. The van der Waals surface area contributed by atoms with Gasteiger partial charge in [-0.1, -0.05) is 81.4 Å². The molecular weight excluding hydrogens is 549 g/mol. The van der Waals surface area contributed by atoms with Crippen molar-refractivity contribution in [2.45, 2.75) is 90.7 Å².